The van der Waals surface area contributed by atoms with Crippen LogP contribution in [0.25, 0.3) is 0 Å². The minimum atomic E-state index is -3.36. The molecule has 28 heavy (non-hydrogen) atoms. The number of sulfonamides is 1. The van der Waals surface area contributed by atoms with Gasteiger partial charge in [0, 0.05) is 17.3 Å². The van der Waals surface area contributed by atoms with Crippen LogP contribution >= 0.6 is 0 Å². The maximum atomic E-state index is 12.9. The number of hydrogen-bond donors (Lipinski definition) is 2. The Balaban J connectivity index is 1.45. The Morgan fingerprint density at radius 1 is 1.14 bits per heavy atom. The molecule has 5 rings (SSSR count). The topological polar surface area (TPSA) is 75.3 Å². The molecule has 1 amide bonds. The van der Waals surface area contributed by atoms with Crippen molar-refractivity contribution in [2.75, 3.05) is 10.5 Å². The van der Waals surface area contributed by atoms with E-state index in [9.17, 15) is 13.2 Å². The van der Waals surface area contributed by atoms with Gasteiger partial charge in [-0.2, -0.15) is 0 Å². The largest absolute Gasteiger partial charge is 0.349 e. The summed E-state index contributed by atoms with van der Waals surface area (Å²) in [4.78, 5) is 12.9. The molecule has 0 heterocycles. The second-order valence-electron chi connectivity index (χ2n) is 9.48. The van der Waals surface area contributed by atoms with Crippen molar-refractivity contribution >= 4 is 21.6 Å². The lowest BCUT2D eigenvalue weighted by Crippen LogP contribution is -2.55. The highest BCUT2D eigenvalue weighted by molar-refractivity contribution is 7.92. The van der Waals surface area contributed by atoms with Crippen LogP contribution in [-0.4, -0.2) is 26.1 Å². The fourth-order valence-electron chi connectivity index (χ4n) is 6.36. The van der Waals surface area contributed by atoms with Crippen LogP contribution in [0.15, 0.2) is 24.3 Å². The summed E-state index contributed by atoms with van der Waals surface area (Å²) >= 11 is 0. The van der Waals surface area contributed by atoms with E-state index in [4.69, 9.17) is 0 Å². The number of amides is 1. The summed E-state index contributed by atoms with van der Waals surface area (Å²) in [6.45, 7) is 3.99. The molecule has 4 bridgehead atoms. The van der Waals surface area contributed by atoms with Crippen LogP contribution in [0, 0.1) is 23.2 Å². The minimum Gasteiger partial charge on any atom is -0.349 e. The smallest absolute Gasteiger partial charge is 0.251 e. The summed E-state index contributed by atoms with van der Waals surface area (Å²) in [6.07, 6.45) is 8.46. The Bertz CT molecular complexity index is 814. The van der Waals surface area contributed by atoms with E-state index in [0.717, 1.165) is 17.8 Å². The van der Waals surface area contributed by atoms with E-state index in [1.807, 2.05) is 6.92 Å². The Kier molecular flexibility index (Phi) is 5.19. The highest BCUT2D eigenvalue weighted by Crippen LogP contribution is 2.61. The quantitative estimate of drug-likeness (QED) is 0.716. The average molecular weight is 405 g/mol. The number of rotatable bonds is 7. The molecule has 6 heteroatoms. The maximum Gasteiger partial charge on any atom is 0.251 e. The molecule has 1 unspecified atom stereocenters. The molecule has 0 aliphatic heterocycles. The molecule has 1 atom stereocenters. The van der Waals surface area contributed by atoms with Gasteiger partial charge < -0.3 is 5.32 Å². The van der Waals surface area contributed by atoms with Crippen molar-refractivity contribution in [2.24, 2.45) is 23.2 Å². The summed E-state index contributed by atoms with van der Waals surface area (Å²) in [7, 11) is -3.36. The predicted octanol–water partition coefficient (Wildman–Crippen LogP) is 4.17. The van der Waals surface area contributed by atoms with Gasteiger partial charge in [-0.1, -0.05) is 13.0 Å². The molecule has 4 saturated carbocycles. The lowest BCUT2D eigenvalue weighted by atomic mass is 9.48. The number of nitrogens with one attached hydrogen (secondary N) is 2. The summed E-state index contributed by atoms with van der Waals surface area (Å²) in [5.74, 6) is 2.51. The normalized spacial score (nSPS) is 32.1. The van der Waals surface area contributed by atoms with Gasteiger partial charge in [0.2, 0.25) is 10.0 Å². The van der Waals surface area contributed by atoms with E-state index < -0.39 is 10.0 Å². The van der Waals surface area contributed by atoms with Crippen molar-refractivity contribution in [2.45, 2.75) is 64.8 Å². The average Bonchev–Trinajstić information content (AvgIpc) is 2.60. The molecule has 4 aliphatic rings. The predicted molar refractivity (Wildman–Crippen MR) is 112 cm³/mol. The van der Waals surface area contributed by atoms with Gasteiger partial charge in [0.1, 0.15) is 0 Å². The summed E-state index contributed by atoms with van der Waals surface area (Å²) < 4.78 is 26.6. The monoisotopic (exact) mass is 404 g/mol. The van der Waals surface area contributed by atoms with E-state index in [2.05, 4.69) is 17.0 Å². The fraction of sp³-hybridized carbons (Fsp3) is 0.682. The van der Waals surface area contributed by atoms with Gasteiger partial charge in [-0.25, -0.2) is 8.42 Å². The van der Waals surface area contributed by atoms with Crippen molar-refractivity contribution in [1.29, 1.82) is 0 Å². The molecule has 4 aliphatic carbocycles. The Hall–Kier alpha value is -1.56. The van der Waals surface area contributed by atoms with Crippen LogP contribution < -0.4 is 10.0 Å². The summed E-state index contributed by atoms with van der Waals surface area (Å²) in [6, 6.07) is 6.95. The second-order valence-corrected chi connectivity index (χ2v) is 11.3. The number of hydrogen-bond acceptors (Lipinski definition) is 3. The van der Waals surface area contributed by atoms with Gasteiger partial charge in [-0.3, -0.25) is 9.52 Å². The van der Waals surface area contributed by atoms with Crippen molar-refractivity contribution in [1.82, 2.24) is 5.32 Å². The molecule has 2 N–H and O–H groups in total. The van der Waals surface area contributed by atoms with Crippen LogP contribution in [0.4, 0.5) is 5.69 Å². The fourth-order valence-corrected chi connectivity index (χ4v) is 7.49. The lowest BCUT2D eigenvalue weighted by Gasteiger charge is -2.59. The zero-order valence-electron chi connectivity index (χ0n) is 16.9. The lowest BCUT2D eigenvalue weighted by molar-refractivity contribution is -0.0688. The van der Waals surface area contributed by atoms with Crippen molar-refractivity contribution in [3.8, 4) is 0 Å². The highest BCUT2D eigenvalue weighted by Gasteiger charge is 2.53. The van der Waals surface area contributed by atoms with Gasteiger partial charge in [0.05, 0.1) is 5.75 Å². The number of carbonyl (C=O) groups excluding carboxylic acids is 1. The number of carbonyl (C=O) groups is 1. The molecule has 0 saturated heterocycles. The molecule has 1 aromatic carbocycles. The second kappa shape index (κ2) is 7.36. The van der Waals surface area contributed by atoms with Crippen molar-refractivity contribution < 1.29 is 13.2 Å². The third-order valence-corrected chi connectivity index (χ3v) is 8.72. The minimum absolute atomic E-state index is 0.0759. The molecule has 0 aromatic heterocycles. The van der Waals surface area contributed by atoms with Crippen LogP contribution in [0.1, 0.15) is 69.2 Å². The maximum absolute atomic E-state index is 12.9. The first-order valence-electron chi connectivity index (χ1n) is 10.7. The molecule has 0 radical (unpaired) electrons. The zero-order valence-corrected chi connectivity index (χ0v) is 17.7. The van der Waals surface area contributed by atoms with Crippen LogP contribution in [0.5, 0.6) is 0 Å². The SMILES string of the molecule is CCCS(=O)(=O)Nc1cccc(C(=O)NC(C)C23CC4CC(CC(C4)C2)C3)c1. The van der Waals surface area contributed by atoms with E-state index in [0.29, 0.717) is 17.7 Å². The summed E-state index contributed by atoms with van der Waals surface area (Å²) in [5.41, 5.74) is 1.21. The van der Waals surface area contributed by atoms with Crippen LogP contribution in [0.3, 0.4) is 0 Å². The molecule has 5 nitrogen and oxygen atoms in total. The third kappa shape index (κ3) is 3.93. The zero-order chi connectivity index (χ0) is 19.9. The molecule has 154 valence electrons. The highest BCUT2D eigenvalue weighted by atomic mass is 32.2. The molecular weight excluding hydrogens is 372 g/mol. The van der Waals surface area contributed by atoms with E-state index in [1.54, 1.807) is 24.3 Å². The van der Waals surface area contributed by atoms with E-state index in [-0.39, 0.29) is 23.1 Å². The van der Waals surface area contributed by atoms with Gasteiger partial charge in [-0.05, 0) is 93.2 Å². The van der Waals surface area contributed by atoms with Crippen molar-refractivity contribution in [3.63, 3.8) is 0 Å². The van der Waals surface area contributed by atoms with Crippen LogP contribution in [0.2, 0.25) is 0 Å². The molecule has 1 aromatic rings. The van der Waals surface area contributed by atoms with Gasteiger partial charge >= 0.3 is 0 Å². The number of benzene rings is 1. The Morgan fingerprint density at radius 3 is 2.32 bits per heavy atom. The Morgan fingerprint density at radius 2 is 1.75 bits per heavy atom. The summed E-state index contributed by atoms with van der Waals surface area (Å²) in [5, 5.41) is 3.25. The first-order valence-corrected chi connectivity index (χ1v) is 12.4. The first-order chi connectivity index (χ1) is 13.3. The Labute approximate surface area is 168 Å². The first kappa shape index (κ1) is 19.7. The molecule has 0 spiro atoms. The standard InChI is InChI=1S/C22H32N2O3S/c1-3-7-28(26,27)24-20-6-4-5-19(11-20)21(25)23-15(2)22-12-16-8-17(13-22)10-18(9-16)14-22/h4-6,11,15-18,24H,3,7-10,12-14H2,1-2H3,(H,23,25). The van der Waals surface area contributed by atoms with Crippen molar-refractivity contribution in [3.05, 3.63) is 29.8 Å². The van der Waals surface area contributed by atoms with E-state index >= 15 is 0 Å². The van der Waals surface area contributed by atoms with E-state index in [1.165, 1.54) is 38.5 Å². The molecular formula is C22H32N2O3S. The van der Waals surface area contributed by atoms with Gasteiger partial charge in [0.25, 0.3) is 5.91 Å². The molecule has 4 fully saturated rings. The number of anilines is 1. The van der Waals surface area contributed by atoms with Gasteiger partial charge in [0.15, 0.2) is 0 Å². The third-order valence-electron chi connectivity index (χ3n) is 7.22. The van der Waals surface area contributed by atoms with Crippen LogP contribution in [-0.2, 0) is 10.0 Å². The van der Waals surface area contributed by atoms with Gasteiger partial charge in [-0.15, -0.1) is 0 Å².